The number of hydrogen-bond donors (Lipinski definition) is 0. The third-order valence-electron chi connectivity index (χ3n) is 5.19. The molecule has 2 heterocycles. The van der Waals surface area contributed by atoms with Crippen molar-refractivity contribution >= 4 is 23.6 Å². The van der Waals surface area contributed by atoms with Crippen molar-refractivity contribution in [3.05, 3.63) is 24.3 Å². The van der Waals surface area contributed by atoms with Crippen LogP contribution in [-0.2, 0) is 14.3 Å². The van der Waals surface area contributed by atoms with E-state index in [1.165, 1.54) is 0 Å². The number of anilines is 1. The van der Waals surface area contributed by atoms with Crippen LogP contribution in [0.1, 0.15) is 19.8 Å². The second-order valence-electron chi connectivity index (χ2n) is 6.96. The smallest absolute Gasteiger partial charge is 0.325 e. The predicted octanol–water partition coefficient (Wildman–Crippen LogP) is 1.74. The van der Waals surface area contributed by atoms with E-state index in [9.17, 15) is 14.4 Å². The van der Waals surface area contributed by atoms with E-state index in [0.717, 1.165) is 12.8 Å². The summed E-state index contributed by atoms with van der Waals surface area (Å²) in [6.45, 7) is 4.05. The van der Waals surface area contributed by atoms with Gasteiger partial charge in [0.2, 0.25) is 5.91 Å². The van der Waals surface area contributed by atoms with E-state index in [1.54, 1.807) is 34.8 Å². The highest BCUT2D eigenvalue weighted by molar-refractivity contribution is 5.97. The molecular weight excluding hydrogens is 362 g/mol. The summed E-state index contributed by atoms with van der Waals surface area (Å²) in [5, 5.41) is 0. The van der Waals surface area contributed by atoms with Gasteiger partial charge < -0.3 is 19.3 Å². The quantitative estimate of drug-likeness (QED) is 0.693. The van der Waals surface area contributed by atoms with Crippen LogP contribution in [0.3, 0.4) is 0 Å². The SMILES string of the molecule is CCOC(=O)C1CCCN(C(=O)CN2CCN(c3ccccc3OC)C2=O)C1. The zero-order valence-corrected chi connectivity index (χ0v) is 16.4. The number of amides is 3. The minimum Gasteiger partial charge on any atom is -0.495 e. The molecule has 1 unspecified atom stereocenters. The Kier molecular flexibility index (Phi) is 6.38. The van der Waals surface area contributed by atoms with Gasteiger partial charge in [-0.05, 0) is 31.9 Å². The van der Waals surface area contributed by atoms with Crippen molar-refractivity contribution in [2.75, 3.05) is 51.3 Å². The van der Waals surface area contributed by atoms with E-state index >= 15 is 0 Å². The first-order valence-corrected chi connectivity index (χ1v) is 9.69. The molecule has 0 N–H and O–H groups in total. The number of rotatable bonds is 6. The Morgan fingerprint density at radius 3 is 2.71 bits per heavy atom. The fourth-order valence-corrected chi connectivity index (χ4v) is 3.73. The lowest BCUT2D eigenvalue weighted by atomic mass is 9.98. The Morgan fingerprint density at radius 1 is 1.18 bits per heavy atom. The molecule has 1 atom stereocenters. The molecule has 2 aliphatic rings. The molecule has 8 heteroatoms. The molecule has 0 spiro atoms. The van der Waals surface area contributed by atoms with Crippen molar-refractivity contribution in [2.45, 2.75) is 19.8 Å². The van der Waals surface area contributed by atoms with E-state index in [0.29, 0.717) is 44.2 Å². The molecule has 1 aromatic carbocycles. The maximum Gasteiger partial charge on any atom is 0.325 e. The molecule has 3 rings (SSSR count). The van der Waals surface area contributed by atoms with E-state index < -0.39 is 0 Å². The van der Waals surface area contributed by atoms with Crippen LogP contribution in [0, 0.1) is 5.92 Å². The molecule has 28 heavy (non-hydrogen) atoms. The molecule has 0 aromatic heterocycles. The number of likely N-dealkylation sites (tertiary alicyclic amines) is 1. The second kappa shape index (κ2) is 8.95. The lowest BCUT2D eigenvalue weighted by molar-refractivity contribution is -0.151. The van der Waals surface area contributed by atoms with E-state index in [-0.39, 0.29) is 30.4 Å². The molecule has 2 fully saturated rings. The van der Waals surface area contributed by atoms with Gasteiger partial charge in [0.15, 0.2) is 0 Å². The third kappa shape index (κ3) is 4.21. The van der Waals surface area contributed by atoms with Gasteiger partial charge in [0, 0.05) is 26.2 Å². The Hall–Kier alpha value is -2.77. The molecule has 3 amide bonds. The van der Waals surface area contributed by atoms with Gasteiger partial charge in [-0.25, -0.2) is 4.79 Å². The lowest BCUT2D eigenvalue weighted by Crippen LogP contribution is -2.47. The van der Waals surface area contributed by atoms with Gasteiger partial charge in [-0.2, -0.15) is 0 Å². The van der Waals surface area contributed by atoms with Crippen molar-refractivity contribution < 1.29 is 23.9 Å². The molecule has 0 bridgehead atoms. The highest BCUT2D eigenvalue weighted by Gasteiger charge is 2.35. The molecule has 2 aliphatic heterocycles. The fourth-order valence-electron chi connectivity index (χ4n) is 3.73. The van der Waals surface area contributed by atoms with Crippen LogP contribution in [0.2, 0.25) is 0 Å². The molecular formula is C20H27N3O5. The summed E-state index contributed by atoms with van der Waals surface area (Å²) in [5.74, 6) is -0.0434. The molecule has 2 saturated heterocycles. The number of benzene rings is 1. The molecule has 1 aromatic rings. The summed E-state index contributed by atoms with van der Waals surface area (Å²) in [6.07, 6.45) is 1.49. The summed E-state index contributed by atoms with van der Waals surface area (Å²) in [5.41, 5.74) is 0.699. The third-order valence-corrected chi connectivity index (χ3v) is 5.19. The van der Waals surface area contributed by atoms with Gasteiger partial charge in [0.05, 0.1) is 25.3 Å². The number of esters is 1. The molecule has 0 aliphatic carbocycles. The number of carbonyl (C=O) groups excluding carboxylic acids is 3. The highest BCUT2D eigenvalue weighted by Crippen LogP contribution is 2.30. The standard InChI is InChI=1S/C20H27N3O5/c1-3-28-19(25)15-7-6-10-21(13-15)18(24)14-22-11-12-23(20(22)26)16-8-4-5-9-17(16)27-2/h4-5,8-9,15H,3,6-7,10-14H2,1-2H3. The van der Waals surface area contributed by atoms with Crippen molar-refractivity contribution in [1.82, 2.24) is 9.80 Å². The predicted molar refractivity (Wildman–Crippen MR) is 103 cm³/mol. The summed E-state index contributed by atoms with van der Waals surface area (Å²) in [7, 11) is 1.57. The monoisotopic (exact) mass is 389 g/mol. The number of methoxy groups -OCH3 is 1. The van der Waals surface area contributed by atoms with Gasteiger partial charge in [-0.3, -0.25) is 14.5 Å². The number of urea groups is 1. The number of hydrogen-bond acceptors (Lipinski definition) is 5. The Morgan fingerprint density at radius 2 is 1.96 bits per heavy atom. The number of nitrogens with zero attached hydrogens (tertiary/aromatic N) is 3. The largest absolute Gasteiger partial charge is 0.495 e. The minimum atomic E-state index is -0.281. The highest BCUT2D eigenvalue weighted by atomic mass is 16.5. The Balaban J connectivity index is 1.60. The number of carbonyl (C=O) groups is 3. The zero-order valence-electron chi connectivity index (χ0n) is 16.4. The Bertz CT molecular complexity index is 738. The number of ether oxygens (including phenoxy) is 2. The molecule has 0 radical (unpaired) electrons. The zero-order chi connectivity index (χ0) is 20.1. The Labute approximate surface area is 165 Å². The van der Waals surface area contributed by atoms with Crippen LogP contribution in [0.5, 0.6) is 5.75 Å². The summed E-state index contributed by atoms with van der Waals surface area (Å²) in [4.78, 5) is 42.4. The van der Waals surface area contributed by atoms with Crippen LogP contribution >= 0.6 is 0 Å². The van der Waals surface area contributed by atoms with Crippen molar-refractivity contribution in [3.63, 3.8) is 0 Å². The van der Waals surface area contributed by atoms with Gasteiger partial charge in [-0.15, -0.1) is 0 Å². The topological polar surface area (TPSA) is 79.4 Å². The van der Waals surface area contributed by atoms with Crippen molar-refractivity contribution in [1.29, 1.82) is 0 Å². The van der Waals surface area contributed by atoms with Crippen LogP contribution in [0.4, 0.5) is 10.5 Å². The summed E-state index contributed by atoms with van der Waals surface area (Å²) < 4.78 is 10.4. The minimum absolute atomic E-state index is 0.0139. The van der Waals surface area contributed by atoms with Crippen molar-refractivity contribution in [2.24, 2.45) is 5.92 Å². The van der Waals surface area contributed by atoms with E-state index in [4.69, 9.17) is 9.47 Å². The summed E-state index contributed by atoms with van der Waals surface area (Å²) >= 11 is 0. The normalized spacial score (nSPS) is 19.7. The number of para-hydroxylation sites is 2. The van der Waals surface area contributed by atoms with E-state index in [1.807, 2.05) is 18.2 Å². The van der Waals surface area contributed by atoms with E-state index in [2.05, 4.69) is 0 Å². The first-order valence-electron chi connectivity index (χ1n) is 9.69. The van der Waals surface area contributed by atoms with Crippen molar-refractivity contribution in [3.8, 4) is 5.75 Å². The van der Waals surface area contributed by atoms with Gasteiger partial charge in [-0.1, -0.05) is 12.1 Å². The van der Waals surface area contributed by atoms with Gasteiger partial charge in [0.1, 0.15) is 12.3 Å². The van der Waals surface area contributed by atoms with Crippen LogP contribution < -0.4 is 9.64 Å². The maximum atomic E-state index is 12.8. The van der Waals surface area contributed by atoms with Gasteiger partial charge in [0.25, 0.3) is 0 Å². The second-order valence-corrected chi connectivity index (χ2v) is 6.96. The number of piperidine rings is 1. The first-order chi connectivity index (χ1) is 13.5. The first kappa shape index (κ1) is 20.0. The van der Waals surface area contributed by atoms with Crippen LogP contribution in [-0.4, -0.2) is 74.1 Å². The lowest BCUT2D eigenvalue weighted by Gasteiger charge is -2.32. The molecule has 152 valence electrons. The average Bonchev–Trinajstić information content (AvgIpc) is 3.08. The fraction of sp³-hybridized carbons (Fsp3) is 0.550. The van der Waals surface area contributed by atoms with Gasteiger partial charge >= 0.3 is 12.0 Å². The van der Waals surface area contributed by atoms with Crippen LogP contribution in [0.25, 0.3) is 0 Å². The molecule has 8 nitrogen and oxygen atoms in total. The molecule has 0 saturated carbocycles. The maximum absolute atomic E-state index is 12.8. The average molecular weight is 389 g/mol. The summed E-state index contributed by atoms with van der Waals surface area (Å²) in [6, 6.07) is 7.12. The van der Waals surface area contributed by atoms with Crippen LogP contribution in [0.15, 0.2) is 24.3 Å².